The van der Waals surface area contributed by atoms with E-state index in [1.165, 1.54) is 6.42 Å². The second kappa shape index (κ2) is 9.09. The molecule has 0 saturated heterocycles. The molecule has 0 heterocycles. The number of rotatable bonds is 9. The first-order valence-corrected chi connectivity index (χ1v) is 5.85. The average molecular weight is 217 g/mol. The molecule has 0 aliphatic heterocycles. The van der Waals surface area contributed by atoms with E-state index in [0.717, 1.165) is 32.6 Å². The Morgan fingerprint density at radius 2 is 1.87 bits per heavy atom. The van der Waals surface area contributed by atoms with Crippen molar-refractivity contribution in [1.29, 1.82) is 0 Å². The summed E-state index contributed by atoms with van der Waals surface area (Å²) < 4.78 is 0. The van der Waals surface area contributed by atoms with E-state index in [1.54, 1.807) is 0 Å². The van der Waals surface area contributed by atoms with Gasteiger partial charge in [-0.2, -0.15) is 0 Å². The molecule has 92 valence electrons. The second-order valence-electron chi connectivity index (χ2n) is 4.27. The molecule has 0 aromatic heterocycles. The molecule has 0 spiro atoms. The molecular weight excluding hydrogens is 190 g/mol. The molecule has 0 aromatic carbocycles. The second-order valence-corrected chi connectivity index (χ2v) is 4.27. The minimum atomic E-state index is -0.340. The summed E-state index contributed by atoms with van der Waals surface area (Å²) in [5.41, 5.74) is 5.36. The van der Waals surface area contributed by atoms with Crippen LogP contribution in [0.15, 0.2) is 0 Å². The summed E-state index contributed by atoms with van der Waals surface area (Å²) in [6, 6.07) is 0. The normalized spacial score (nSPS) is 13.8. The Morgan fingerprint density at radius 1 is 1.20 bits per heavy atom. The maximum atomic E-state index is 9.36. The van der Waals surface area contributed by atoms with Crippen LogP contribution in [-0.4, -0.2) is 67.8 Å². The van der Waals surface area contributed by atoms with Crippen LogP contribution in [0.1, 0.15) is 19.8 Å². The van der Waals surface area contributed by atoms with Crippen molar-refractivity contribution in [3.05, 3.63) is 0 Å². The van der Waals surface area contributed by atoms with Crippen LogP contribution < -0.4 is 5.73 Å². The van der Waals surface area contributed by atoms with Crippen LogP contribution in [0, 0.1) is 0 Å². The Morgan fingerprint density at radius 3 is 2.33 bits per heavy atom. The molecule has 3 N–H and O–H groups in total. The molecule has 0 saturated carbocycles. The van der Waals surface area contributed by atoms with Crippen LogP contribution in [0.3, 0.4) is 0 Å². The van der Waals surface area contributed by atoms with Crippen molar-refractivity contribution < 1.29 is 5.11 Å². The Bertz CT molecular complexity index is 142. The Hall–Kier alpha value is -0.160. The standard InChI is InChI=1S/C11H27N3O/c1-4-14(8-5-7-13(2)3)9-6-11(15)10-12/h11,15H,4-10,12H2,1-3H3. The number of hydrogen-bond donors (Lipinski definition) is 2. The van der Waals surface area contributed by atoms with E-state index in [9.17, 15) is 5.11 Å². The SMILES string of the molecule is CCN(CCCN(C)C)CCC(O)CN. The Labute approximate surface area is 94.0 Å². The quantitative estimate of drug-likeness (QED) is 0.569. The van der Waals surface area contributed by atoms with Gasteiger partial charge in [0, 0.05) is 13.1 Å². The molecule has 0 aliphatic carbocycles. The number of aliphatic hydroxyl groups excluding tert-OH is 1. The summed E-state index contributed by atoms with van der Waals surface area (Å²) in [5, 5.41) is 9.36. The van der Waals surface area contributed by atoms with Gasteiger partial charge in [-0.1, -0.05) is 6.92 Å². The molecule has 0 fully saturated rings. The van der Waals surface area contributed by atoms with Crippen molar-refractivity contribution in [3.63, 3.8) is 0 Å². The van der Waals surface area contributed by atoms with Crippen LogP contribution in [0.5, 0.6) is 0 Å². The highest BCUT2D eigenvalue weighted by Gasteiger charge is 2.06. The smallest absolute Gasteiger partial charge is 0.0674 e. The molecule has 1 unspecified atom stereocenters. The first-order valence-electron chi connectivity index (χ1n) is 5.85. The molecule has 0 bridgehead atoms. The van der Waals surface area contributed by atoms with Gasteiger partial charge in [-0.25, -0.2) is 0 Å². The van der Waals surface area contributed by atoms with E-state index in [0.29, 0.717) is 6.54 Å². The first kappa shape index (κ1) is 14.8. The maximum absolute atomic E-state index is 9.36. The molecule has 0 aromatic rings. The maximum Gasteiger partial charge on any atom is 0.0674 e. The van der Waals surface area contributed by atoms with Crippen molar-refractivity contribution in [2.75, 3.05) is 46.8 Å². The fourth-order valence-electron chi connectivity index (χ4n) is 1.49. The zero-order valence-electron chi connectivity index (χ0n) is 10.4. The number of aliphatic hydroxyl groups is 1. The van der Waals surface area contributed by atoms with Crippen LogP contribution in [-0.2, 0) is 0 Å². The van der Waals surface area contributed by atoms with Crippen molar-refractivity contribution in [1.82, 2.24) is 9.80 Å². The summed E-state index contributed by atoms with van der Waals surface area (Å²) in [5.74, 6) is 0. The third kappa shape index (κ3) is 8.81. The predicted molar refractivity (Wildman–Crippen MR) is 65.0 cm³/mol. The van der Waals surface area contributed by atoms with E-state index < -0.39 is 0 Å². The molecule has 4 nitrogen and oxygen atoms in total. The van der Waals surface area contributed by atoms with Crippen LogP contribution >= 0.6 is 0 Å². The topological polar surface area (TPSA) is 52.7 Å². The van der Waals surface area contributed by atoms with Crippen molar-refractivity contribution in [2.24, 2.45) is 5.73 Å². The van der Waals surface area contributed by atoms with Gasteiger partial charge in [0.05, 0.1) is 6.10 Å². The molecule has 4 heteroatoms. The third-order valence-corrected chi connectivity index (χ3v) is 2.58. The summed E-state index contributed by atoms with van der Waals surface area (Å²) in [7, 11) is 4.18. The van der Waals surface area contributed by atoms with Crippen molar-refractivity contribution in [2.45, 2.75) is 25.9 Å². The highest BCUT2D eigenvalue weighted by molar-refractivity contribution is 4.62. The highest BCUT2D eigenvalue weighted by atomic mass is 16.3. The van der Waals surface area contributed by atoms with Gasteiger partial charge in [-0.3, -0.25) is 0 Å². The van der Waals surface area contributed by atoms with E-state index >= 15 is 0 Å². The number of nitrogens with two attached hydrogens (primary N) is 1. The highest BCUT2D eigenvalue weighted by Crippen LogP contribution is 1.97. The largest absolute Gasteiger partial charge is 0.392 e. The molecule has 0 aliphatic rings. The average Bonchev–Trinajstić information content (AvgIpc) is 2.22. The monoisotopic (exact) mass is 217 g/mol. The first-order chi connectivity index (χ1) is 7.10. The van der Waals surface area contributed by atoms with Crippen LogP contribution in [0.25, 0.3) is 0 Å². The number of hydrogen-bond acceptors (Lipinski definition) is 4. The van der Waals surface area contributed by atoms with Gasteiger partial charge in [0.15, 0.2) is 0 Å². The predicted octanol–water partition coefficient (Wildman–Crippen LogP) is -0.0303. The van der Waals surface area contributed by atoms with Crippen LogP contribution in [0.4, 0.5) is 0 Å². The zero-order valence-corrected chi connectivity index (χ0v) is 10.4. The lowest BCUT2D eigenvalue weighted by Crippen LogP contribution is -2.32. The van der Waals surface area contributed by atoms with Gasteiger partial charge in [-0.05, 0) is 46.6 Å². The van der Waals surface area contributed by atoms with E-state index in [2.05, 4.69) is 30.8 Å². The minimum Gasteiger partial charge on any atom is -0.392 e. The minimum absolute atomic E-state index is 0.340. The fourth-order valence-corrected chi connectivity index (χ4v) is 1.49. The fraction of sp³-hybridized carbons (Fsp3) is 1.00. The van der Waals surface area contributed by atoms with E-state index in [-0.39, 0.29) is 6.10 Å². The van der Waals surface area contributed by atoms with E-state index in [1.807, 2.05) is 0 Å². The molecule has 15 heavy (non-hydrogen) atoms. The molecule has 0 rings (SSSR count). The summed E-state index contributed by atoms with van der Waals surface area (Å²) in [4.78, 5) is 4.56. The van der Waals surface area contributed by atoms with Gasteiger partial charge in [-0.15, -0.1) is 0 Å². The van der Waals surface area contributed by atoms with Crippen molar-refractivity contribution >= 4 is 0 Å². The Balaban J connectivity index is 3.54. The summed E-state index contributed by atoms with van der Waals surface area (Å²) in [6.45, 7) is 6.74. The molecular formula is C11H27N3O. The number of nitrogens with zero attached hydrogens (tertiary/aromatic N) is 2. The Kier molecular flexibility index (Phi) is 9.00. The van der Waals surface area contributed by atoms with Crippen molar-refractivity contribution in [3.8, 4) is 0 Å². The lowest BCUT2D eigenvalue weighted by atomic mass is 10.2. The van der Waals surface area contributed by atoms with Gasteiger partial charge in [0.25, 0.3) is 0 Å². The van der Waals surface area contributed by atoms with Gasteiger partial charge >= 0.3 is 0 Å². The van der Waals surface area contributed by atoms with Gasteiger partial charge in [0.1, 0.15) is 0 Å². The third-order valence-electron chi connectivity index (χ3n) is 2.58. The lowest BCUT2D eigenvalue weighted by Gasteiger charge is -2.22. The van der Waals surface area contributed by atoms with Crippen LogP contribution in [0.2, 0.25) is 0 Å². The van der Waals surface area contributed by atoms with E-state index in [4.69, 9.17) is 5.73 Å². The zero-order chi connectivity index (χ0) is 11.7. The molecule has 0 radical (unpaired) electrons. The summed E-state index contributed by atoms with van der Waals surface area (Å²) >= 11 is 0. The van der Waals surface area contributed by atoms with Gasteiger partial charge in [0.2, 0.25) is 0 Å². The van der Waals surface area contributed by atoms with Gasteiger partial charge < -0.3 is 20.6 Å². The lowest BCUT2D eigenvalue weighted by molar-refractivity contribution is 0.147. The molecule has 1 atom stereocenters. The summed E-state index contributed by atoms with van der Waals surface area (Å²) in [6.07, 6.45) is 1.62. The molecule has 0 amide bonds.